The van der Waals surface area contributed by atoms with Crippen LogP contribution >= 0.6 is 0 Å². The van der Waals surface area contributed by atoms with E-state index in [4.69, 9.17) is 0 Å². The number of amides is 1. The Bertz CT molecular complexity index is 853. The van der Waals surface area contributed by atoms with Gasteiger partial charge in [-0.25, -0.2) is 0 Å². The number of benzene rings is 1. The summed E-state index contributed by atoms with van der Waals surface area (Å²) >= 11 is 0. The largest absolute Gasteiger partial charge is 0.505 e. The van der Waals surface area contributed by atoms with Crippen molar-refractivity contribution in [3.8, 4) is 5.75 Å². The lowest BCUT2D eigenvalue weighted by molar-refractivity contribution is 0.0960. The number of phenolic OH excluding ortho intramolecular Hbond substituents is 1. The van der Waals surface area contributed by atoms with Gasteiger partial charge >= 0.3 is 0 Å². The molecule has 2 aromatic rings. The Labute approximate surface area is 152 Å². The fraction of sp³-hybridized carbons (Fsp3) is 0.421. The van der Waals surface area contributed by atoms with E-state index in [2.05, 4.69) is 22.9 Å². The van der Waals surface area contributed by atoms with Gasteiger partial charge in [0.2, 0.25) is 0 Å². The highest BCUT2D eigenvalue weighted by molar-refractivity contribution is 5.99. The number of rotatable bonds is 9. The number of unbranched alkanes of at least 4 members (excludes halogenated alkanes) is 2. The number of carbonyl (C=O) groups is 1. The van der Waals surface area contributed by atoms with Crippen LogP contribution in [0, 0.1) is 0 Å². The average molecular weight is 359 g/mol. The van der Waals surface area contributed by atoms with Gasteiger partial charge in [0.15, 0.2) is 5.75 Å². The third kappa shape index (κ3) is 4.04. The highest BCUT2D eigenvalue weighted by Gasteiger charge is 2.24. The molecule has 2 rings (SSSR count). The molecule has 1 atom stereocenters. The van der Waals surface area contributed by atoms with E-state index in [0.717, 1.165) is 25.7 Å². The van der Waals surface area contributed by atoms with Crippen molar-refractivity contribution in [3.63, 3.8) is 0 Å². The van der Waals surface area contributed by atoms with E-state index >= 15 is 0 Å². The van der Waals surface area contributed by atoms with Crippen molar-refractivity contribution >= 4 is 23.0 Å². The zero-order chi connectivity index (χ0) is 19.3. The molecule has 0 radical (unpaired) electrons. The van der Waals surface area contributed by atoms with Crippen molar-refractivity contribution in [3.05, 3.63) is 44.2 Å². The van der Waals surface area contributed by atoms with Crippen molar-refractivity contribution in [1.29, 1.82) is 0 Å². The fourth-order valence-corrected chi connectivity index (χ4v) is 2.76. The maximum atomic E-state index is 11.9. The molecule has 26 heavy (non-hydrogen) atoms. The summed E-state index contributed by atoms with van der Waals surface area (Å²) in [6.45, 7) is 4.08. The van der Waals surface area contributed by atoms with Crippen molar-refractivity contribution in [2.24, 2.45) is 0 Å². The summed E-state index contributed by atoms with van der Waals surface area (Å²) in [6.07, 6.45) is 4.16. The molecule has 140 valence electrons. The topological polar surface area (TPSA) is 108 Å². The Morgan fingerprint density at radius 2 is 1.85 bits per heavy atom. The second-order valence-electron chi connectivity index (χ2n) is 6.36. The van der Waals surface area contributed by atoms with E-state index in [0.29, 0.717) is 0 Å². The smallest absolute Gasteiger partial charge is 0.254 e. The summed E-state index contributed by atoms with van der Waals surface area (Å²) < 4.78 is 0. The van der Waals surface area contributed by atoms with Crippen molar-refractivity contribution < 1.29 is 9.90 Å². The van der Waals surface area contributed by atoms with Gasteiger partial charge in [0.25, 0.3) is 16.8 Å². The predicted molar refractivity (Wildman–Crippen MR) is 103 cm³/mol. The summed E-state index contributed by atoms with van der Waals surface area (Å²) in [6, 6.07) is 4.64. The Balaban J connectivity index is 2.19. The SMILES string of the molecule is CCCCCC(C)Nc1c(Nc2cccc(C(=O)NC)c2O)c(=O)c1=O. The van der Waals surface area contributed by atoms with Gasteiger partial charge in [0, 0.05) is 13.1 Å². The summed E-state index contributed by atoms with van der Waals surface area (Å²) in [4.78, 5) is 35.6. The second-order valence-corrected chi connectivity index (χ2v) is 6.36. The van der Waals surface area contributed by atoms with E-state index in [9.17, 15) is 19.5 Å². The molecule has 0 aliphatic heterocycles. The number of aromatic hydroxyl groups is 1. The highest BCUT2D eigenvalue weighted by Crippen LogP contribution is 2.31. The van der Waals surface area contributed by atoms with E-state index in [1.165, 1.54) is 19.2 Å². The Kier molecular flexibility index (Phi) is 6.38. The van der Waals surface area contributed by atoms with Crippen LogP contribution < -0.4 is 26.8 Å². The van der Waals surface area contributed by atoms with Crippen LogP contribution in [0.3, 0.4) is 0 Å². The molecular formula is C19H25N3O4. The van der Waals surface area contributed by atoms with Crippen LogP contribution in [0.5, 0.6) is 5.75 Å². The minimum Gasteiger partial charge on any atom is -0.505 e. The maximum absolute atomic E-state index is 11.9. The molecule has 0 bridgehead atoms. The number of hydrogen-bond donors (Lipinski definition) is 4. The zero-order valence-corrected chi connectivity index (χ0v) is 15.3. The van der Waals surface area contributed by atoms with Crippen LogP contribution in [0.4, 0.5) is 17.1 Å². The van der Waals surface area contributed by atoms with Crippen molar-refractivity contribution in [2.75, 3.05) is 17.7 Å². The first-order valence-electron chi connectivity index (χ1n) is 8.81. The second kappa shape index (κ2) is 8.51. The van der Waals surface area contributed by atoms with Crippen molar-refractivity contribution in [2.45, 2.75) is 45.6 Å². The first kappa shape index (κ1) is 19.5. The third-order valence-corrected chi connectivity index (χ3v) is 4.31. The van der Waals surface area contributed by atoms with Gasteiger partial charge in [-0.3, -0.25) is 14.4 Å². The molecule has 7 heteroatoms. The molecule has 0 fully saturated rings. The van der Waals surface area contributed by atoms with Crippen LogP contribution in [0.2, 0.25) is 0 Å². The monoisotopic (exact) mass is 359 g/mol. The fourth-order valence-electron chi connectivity index (χ4n) is 2.76. The van der Waals surface area contributed by atoms with Gasteiger partial charge in [-0.1, -0.05) is 32.3 Å². The molecule has 7 nitrogen and oxygen atoms in total. The quantitative estimate of drug-likeness (QED) is 0.311. The van der Waals surface area contributed by atoms with Gasteiger partial charge in [-0.2, -0.15) is 0 Å². The van der Waals surface area contributed by atoms with Gasteiger partial charge in [0.1, 0.15) is 11.4 Å². The average Bonchev–Trinajstić information content (AvgIpc) is 2.65. The van der Waals surface area contributed by atoms with Gasteiger partial charge < -0.3 is 21.1 Å². The number of carbonyl (C=O) groups excluding carboxylic acids is 1. The van der Waals surface area contributed by atoms with Gasteiger partial charge in [-0.15, -0.1) is 0 Å². The number of nitrogens with one attached hydrogen (secondary N) is 3. The number of para-hydroxylation sites is 1. The lowest BCUT2D eigenvalue weighted by Gasteiger charge is -2.20. The lowest BCUT2D eigenvalue weighted by Crippen LogP contribution is -2.38. The number of hydrogen-bond acceptors (Lipinski definition) is 6. The molecule has 4 N–H and O–H groups in total. The summed E-state index contributed by atoms with van der Waals surface area (Å²) in [5, 5.41) is 18.6. The highest BCUT2D eigenvalue weighted by atomic mass is 16.3. The first-order valence-corrected chi connectivity index (χ1v) is 8.81. The third-order valence-electron chi connectivity index (χ3n) is 4.31. The molecule has 0 aromatic heterocycles. The molecule has 0 spiro atoms. The molecule has 1 unspecified atom stereocenters. The summed E-state index contributed by atoms with van der Waals surface area (Å²) in [5.41, 5.74) is -0.598. The Morgan fingerprint density at radius 1 is 1.15 bits per heavy atom. The van der Waals surface area contributed by atoms with Crippen LogP contribution in [-0.4, -0.2) is 24.1 Å². The summed E-state index contributed by atoms with van der Waals surface area (Å²) in [7, 11) is 1.46. The molecule has 0 aliphatic carbocycles. The molecule has 2 aromatic carbocycles. The van der Waals surface area contributed by atoms with Crippen molar-refractivity contribution in [1.82, 2.24) is 5.32 Å². The van der Waals surface area contributed by atoms with E-state index in [1.807, 2.05) is 6.92 Å². The molecule has 0 heterocycles. The Hall–Kier alpha value is -2.83. The maximum Gasteiger partial charge on any atom is 0.254 e. The molecular weight excluding hydrogens is 334 g/mol. The first-order chi connectivity index (χ1) is 12.4. The molecule has 0 aliphatic rings. The van der Waals surface area contributed by atoms with Crippen LogP contribution in [0.15, 0.2) is 27.8 Å². The summed E-state index contributed by atoms with van der Waals surface area (Å²) in [5.74, 6) is -0.721. The standard InChI is InChI=1S/C19H25N3O4/c1-4-5-6-8-11(2)21-14-15(18(25)17(14)24)22-13-10-7-9-12(16(13)23)19(26)20-3/h7,9-11,21-23H,4-6,8H2,1-3H3,(H,20,26). The molecule has 0 saturated carbocycles. The van der Waals surface area contributed by atoms with Crippen LogP contribution in [0.25, 0.3) is 0 Å². The number of phenols is 1. The van der Waals surface area contributed by atoms with E-state index < -0.39 is 16.8 Å². The van der Waals surface area contributed by atoms with Gasteiger partial charge in [-0.05, 0) is 25.5 Å². The zero-order valence-electron chi connectivity index (χ0n) is 15.3. The van der Waals surface area contributed by atoms with Gasteiger partial charge in [0.05, 0.1) is 11.3 Å². The van der Waals surface area contributed by atoms with Crippen LogP contribution in [0.1, 0.15) is 49.9 Å². The predicted octanol–water partition coefficient (Wildman–Crippen LogP) is 2.47. The van der Waals surface area contributed by atoms with E-state index in [-0.39, 0.29) is 34.4 Å². The lowest BCUT2D eigenvalue weighted by atomic mass is 10.1. The molecule has 1 amide bonds. The Morgan fingerprint density at radius 3 is 2.50 bits per heavy atom. The van der Waals surface area contributed by atoms with Crippen LogP contribution in [-0.2, 0) is 0 Å². The normalized spacial score (nSPS) is 12.0. The minimum atomic E-state index is -0.641. The minimum absolute atomic E-state index is 0.0520. The molecule has 0 saturated heterocycles. The number of anilines is 3. The van der Waals surface area contributed by atoms with E-state index in [1.54, 1.807) is 6.07 Å².